The topological polar surface area (TPSA) is 15.8 Å². The third-order valence-electron chi connectivity index (χ3n) is 10.8. The molecule has 48 heavy (non-hydrogen) atoms. The van der Waals surface area contributed by atoms with Gasteiger partial charge in [0.25, 0.3) is 0 Å². The van der Waals surface area contributed by atoms with Crippen LogP contribution < -0.4 is 0 Å². The number of fused-ring (bicyclic) bond motifs is 11. The number of aromatic nitrogens is 1. The lowest BCUT2D eigenvalue weighted by molar-refractivity contribution is 0.660. The summed E-state index contributed by atoms with van der Waals surface area (Å²) in [5.41, 5.74) is 15.3. The number of rotatable bonds is 3. The maximum atomic E-state index is 3.91. The molecule has 0 radical (unpaired) electrons. The Balaban J connectivity index is 1.13. The number of H-pyrrole nitrogens is 1. The SMILES string of the molecule is CC1(C)c2ccccc2-c2c(-c3cccc(-c4cccc(-c5cccc6c5[nH]c5c7ccccc7c7ccccc7c65)c4)c3)cccc21. The molecule has 0 saturated heterocycles. The number of hydrogen-bond donors (Lipinski definition) is 1. The van der Waals surface area contributed by atoms with Crippen LogP contribution in [0, 0.1) is 0 Å². The van der Waals surface area contributed by atoms with E-state index >= 15 is 0 Å². The van der Waals surface area contributed by atoms with E-state index in [2.05, 4.69) is 177 Å². The quantitative estimate of drug-likeness (QED) is 0.191. The summed E-state index contributed by atoms with van der Waals surface area (Å²) >= 11 is 0. The second-order valence-corrected chi connectivity index (χ2v) is 13.8. The number of nitrogens with one attached hydrogen (secondary N) is 1. The molecule has 0 aliphatic heterocycles. The van der Waals surface area contributed by atoms with E-state index < -0.39 is 0 Å². The molecule has 1 aliphatic carbocycles. The molecule has 8 aromatic carbocycles. The lowest BCUT2D eigenvalue weighted by atomic mass is 9.82. The van der Waals surface area contributed by atoms with Crippen LogP contribution in [-0.2, 0) is 5.41 Å². The molecule has 0 atom stereocenters. The Morgan fingerprint density at radius 3 is 1.65 bits per heavy atom. The minimum atomic E-state index is -0.0178. The van der Waals surface area contributed by atoms with Crippen LogP contribution in [0.25, 0.3) is 87.9 Å². The average molecular weight is 612 g/mol. The molecule has 1 heteroatoms. The Morgan fingerprint density at radius 2 is 0.875 bits per heavy atom. The van der Waals surface area contributed by atoms with Gasteiger partial charge < -0.3 is 4.98 Å². The first-order valence-electron chi connectivity index (χ1n) is 16.9. The van der Waals surface area contributed by atoms with Gasteiger partial charge in [-0.3, -0.25) is 0 Å². The number of aromatic amines is 1. The number of para-hydroxylation sites is 1. The Hall–Kier alpha value is -5.92. The summed E-state index contributed by atoms with van der Waals surface area (Å²) in [6.45, 7) is 4.70. The van der Waals surface area contributed by atoms with Crippen LogP contribution in [0.4, 0.5) is 0 Å². The molecule has 10 rings (SSSR count). The van der Waals surface area contributed by atoms with Crippen LogP contribution in [0.5, 0.6) is 0 Å². The molecule has 0 fully saturated rings. The van der Waals surface area contributed by atoms with Gasteiger partial charge in [-0.2, -0.15) is 0 Å². The van der Waals surface area contributed by atoms with E-state index in [1.165, 1.54) is 99.0 Å². The highest BCUT2D eigenvalue weighted by molar-refractivity contribution is 6.32. The highest BCUT2D eigenvalue weighted by Crippen LogP contribution is 2.52. The van der Waals surface area contributed by atoms with Crippen LogP contribution in [-0.4, -0.2) is 4.98 Å². The van der Waals surface area contributed by atoms with Gasteiger partial charge in [-0.25, -0.2) is 0 Å². The highest BCUT2D eigenvalue weighted by atomic mass is 14.7. The largest absolute Gasteiger partial charge is 0.353 e. The summed E-state index contributed by atoms with van der Waals surface area (Å²) in [7, 11) is 0. The van der Waals surface area contributed by atoms with Crippen molar-refractivity contribution in [2.24, 2.45) is 0 Å². The molecule has 0 amide bonds. The zero-order valence-electron chi connectivity index (χ0n) is 27.0. The van der Waals surface area contributed by atoms with Gasteiger partial charge in [0.05, 0.1) is 11.0 Å². The monoisotopic (exact) mass is 611 g/mol. The first-order chi connectivity index (χ1) is 23.6. The van der Waals surface area contributed by atoms with Crippen molar-refractivity contribution in [2.45, 2.75) is 19.3 Å². The average Bonchev–Trinajstić information content (AvgIpc) is 3.65. The molecule has 0 saturated carbocycles. The predicted molar refractivity (Wildman–Crippen MR) is 205 cm³/mol. The summed E-state index contributed by atoms with van der Waals surface area (Å²) < 4.78 is 0. The summed E-state index contributed by atoms with van der Waals surface area (Å²) in [4.78, 5) is 3.91. The minimum absolute atomic E-state index is 0.0178. The summed E-state index contributed by atoms with van der Waals surface area (Å²) in [5, 5.41) is 7.69. The van der Waals surface area contributed by atoms with E-state index in [0.29, 0.717) is 0 Å². The summed E-state index contributed by atoms with van der Waals surface area (Å²) in [6, 6.07) is 58.1. The molecule has 0 unspecified atom stereocenters. The van der Waals surface area contributed by atoms with E-state index in [1.807, 2.05) is 0 Å². The first-order valence-corrected chi connectivity index (χ1v) is 16.9. The lowest BCUT2D eigenvalue weighted by Crippen LogP contribution is -2.14. The van der Waals surface area contributed by atoms with Crippen LogP contribution in [0.3, 0.4) is 0 Å². The Morgan fingerprint density at radius 1 is 0.375 bits per heavy atom. The molecule has 9 aromatic rings. The van der Waals surface area contributed by atoms with E-state index in [0.717, 1.165) is 0 Å². The van der Waals surface area contributed by atoms with Crippen LogP contribution in [0.2, 0.25) is 0 Å². The van der Waals surface area contributed by atoms with Gasteiger partial charge in [0.15, 0.2) is 0 Å². The smallest absolute Gasteiger partial charge is 0.0551 e. The third-order valence-corrected chi connectivity index (χ3v) is 10.8. The lowest BCUT2D eigenvalue weighted by Gasteiger charge is -2.21. The Labute approximate surface area is 280 Å². The summed E-state index contributed by atoms with van der Waals surface area (Å²) in [6.07, 6.45) is 0. The molecule has 1 aromatic heterocycles. The fraction of sp³-hybridized carbons (Fsp3) is 0.0638. The molecule has 1 heterocycles. The molecule has 1 aliphatic rings. The predicted octanol–water partition coefficient (Wildman–Crippen LogP) is 12.9. The van der Waals surface area contributed by atoms with Crippen LogP contribution >= 0.6 is 0 Å². The second kappa shape index (κ2) is 10.0. The standard InChI is InChI=1S/C47H33N/c1-47(2)41-25-8-7-21-39(41)43-33(22-12-26-42(43)47)31-15-9-13-29(27-31)30-14-10-16-32(28-30)34-23-11-24-40-44-37-19-5-3-17-35(37)36-18-4-6-20-38(36)46(44)48-45(34)40/h3-28,48H,1-2H3. The van der Waals surface area contributed by atoms with Gasteiger partial charge >= 0.3 is 0 Å². The van der Waals surface area contributed by atoms with E-state index in [1.54, 1.807) is 0 Å². The fourth-order valence-corrected chi connectivity index (χ4v) is 8.54. The van der Waals surface area contributed by atoms with Crippen molar-refractivity contribution in [1.82, 2.24) is 4.98 Å². The van der Waals surface area contributed by atoms with E-state index in [4.69, 9.17) is 0 Å². The van der Waals surface area contributed by atoms with Crippen molar-refractivity contribution in [3.05, 3.63) is 169 Å². The second-order valence-electron chi connectivity index (χ2n) is 13.8. The molecule has 0 bridgehead atoms. The fourth-order valence-electron chi connectivity index (χ4n) is 8.54. The van der Waals surface area contributed by atoms with Gasteiger partial charge in [-0.15, -0.1) is 0 Å². The van der Waals surface area contributed by atoms with Crippen molar-refractivity contribution in [3.63, 3.8) is 0 Å². The van der Waals surface area contributed by atoms with Gasteiger partial charge in [-0.1, -0.05) is 159 Å². The highest BCUT2D eigenvalue weighted by Gasteiger charge is 2.36. The minimum Gasteiger partial charge on any atom is -0.353 e. The first kappa shape index (κ1) is 27.2. The van der Waals surface area contributed by atoms with Crippen molar-refractivity contribution in [2.75, 3.05) is 0 Å². The van der Waals surface area contributed by atoms with Gasteiger partial charge in [0.1, 0.15) is 0 Å². The van der Waals surface area contributed by atoms with Crippen LogP contribution in [0.15, 0.2) is 158 Å². The third kappa shape index (κ3) is 3.79. The molecule has 1 N–H and O–H groups in total. The number of hydrogen-bond acceptors (Lipinski definition) is 0. The van der Waals surface area contributed by atoms with Crippen molar-refractivity contribution in [1.29, 1.82) is 0 Å². The molecule has 226 valence electrons. The molecular weight excluding hydrogens is 579 g/mol. The van der Waals surface area contributed by atoms with Gasteiger partial charge in [0.2, 0.25) is 0 Å². The maximum absolute atomic E-state index is 3.91. The zero-order valence-corrected chi connectivity index (χ0v) is 27.0. The normalized spacial score (nSPS) is 13.4. The molecule has 0 spiro atoms. The molecular formula is C47H33N. The van der Waals surface area contributed by atoms with Gasteiger partial charge in [0, 0.05) is 27.1 Å². The maximum Gasteiger partial charge on any atom is 0.0551 e. The van der Waals surface area contributed by atoms with Gasteiger partial charge in [-0.05, 0) is 78.4 Å². The molecule has 1 nitrogen and oxygen atoms in total. The van der Waals surface area contributed by atoms with E-state index in [-0.39, 0.29) is 5.41 Å². The Kier molecular flexibility index (Phi) is 5.69. The summed E-state index contributed by atoms with van der Waals surface area (Å²) in [5.74, 6) is 0. The zero-order chi connectivity index (χ0) is 32.0. The van der Waals surface area contributed by atoms with E-state index in [9.17, 15) is 0 Å². The van der Waals surface area contributed by atoms with Crippen molar-refractivity contribution >= 4 is 43.4 Å². The Bertz CT molecular complexity index is 2760. The van der Waals surface area contributed by atoms with Crippen molar-refractivity contribution < 1.29 is 0 Å². The number of benzene rings is 8. The van der Waals surface area contributed by atoms with Crippen LogP contribution in [0.1, 0.15) is 25.0 Å². The van der Waals surface area contributed by atoms with Crippen molar-refractivity contribution in [3.8, 4) is 44.5 Å².